The van der Waals surface area contributed by atoms with Crippen LogP contribution in [0.1, 0.15) is 0 Å². The monoisotopic (exact) mass is 245 g/mol. The second kappa shape index (κ2) is 6.80. The first-order chi connectivity index (χ1) is 8.59. The van der Waals surface area contributed by atoms with Crippen molar-refractivity contribution in [3.8, 4) is 0 Å². The molecule has 2 N–H and O–H groups in total. The molecule has 1 heterocycles. The fourth-order valence-electron chi connectivity index (χ4n) is 1.17. The lowest BCUT2D eigenvalue weighted by Gasteiger charge is -1.91. The van der Waals surface area contributed by atoms with Gasteiger partial charge in [-0.1, -0.05) is 24.3 Å². The molecule has 2 aromatic rings. The Morgan fingerprint density at radius 2 is 1.50 bits per heavy atom. The Bertz CT molecular complexity index is 496. The number of pyridine rings is 1. The van der Waals surface area contributed by atoms with E-state index in [2.05, 4.69) is 17.1 Å². The SMILES string of the molecule is O=C(O)/C=C/C(=O)O.c1ccc2cnccc2c1. The van der Waals surface area contributed by atoms with Crippen LogP contribution in [-0.4, -0.2) is 27.1 Å². The highest BCUT2D eigenvalue weighted by Gasteiger charge is 1.88. The third kappa shape index (κ3) is 4.89. The van der Waals surface area contributed by atoms with Crippen LogP contribution in [0.5, 0.6) is 0 Å². The molecule has 92 valence electrons. The van der Waals surface area contributed by atoms with E-state index in [0.29, 0.717) is 12.2 Å². The van der Waals surface area contributed by atoms with Gasteiger partial charge < -0.3 is 10.2 Å². The van der Waals surface area contributed by atoms with Gasteiger partial charge in [-0.2, -0.15) is 0 Å². The minimum atomic E-state index is -1.26. The Balaban J connectivity index is 0.000000187. The van der Waals surface area contributed by atoms with Gasteiger partial charge in [0, 0.05) is 24.5 Å². The van der Waals surface area contributed by atoms with E-state index in [-0.39, 0.29) is 0 Å². The highest BCUT2D eigenvalue weighted by atomic mass is 16.4. The van der Waals surface area contributed by atoms with Gasteiger partial charge >= 0.3 is 11.9 Å². The molecular weight excluding hydrogens is 234 g/mol. The van der Waals surface area contributed by atoms with Gasteiger partial charge in [0.1, 0.15) is 0 Å². The summed E-state index contributed by atoms with van der Waals surface area (Å²) in [5.41, 5.74) is 0. The third-order valence-corrected chi connectivity index (χ3v) is 1.92. The number of carboxylic acids is 2. The van der Waals surface area contributed by atoms with Crippen molar-refractivity contribution in [2.45, 2.75) is 0 Å². The number of aromatic nitrogens is 1. The summed E-state index contributed by atoms with van der Waals surface area (Å²) >= 11 is 0. The number of fused-ring (bicyclic) bond motifs is 1. The van der Waals surface area contributed by atoms with Crippen LogP contribution in [0.15, 0.2) is 54.9 Å². The number of carboxylic acid groups (broad SMARTS) is 2. The Kier molecular flexibility index (Phi) is 5.05. The van der Waals surface area contributed by atoms with Crippen molar-refractivity contribution < 1.29 is 19.8 Å². The molecule has 0 aliphatic heterocycles. The predicted octanol–water partition coefficient (Wildman–Crippen LogP) is 1.95. The van der Waals surface area contributed by atoms with E-state index in [0.717, 1.165) is 0 Å². The molecular formula is C13H11NO4. The van der Waals surface area contributed by atoms with Crippen LogP contribution in [0.25, 0.3) is 10.8 Å². The molecule has 0 unspecified atom stereocenters. The maximum absolute atomic E-state index is 9.55. The second-order valence-electron chi connectivity index (χ2n) is 3.23. The zero-order chi connectivity index (χ0) is 13.4. The molecule has 1 aromatic carbocycles. The lowest BCUT2D eigenvalue weighted by atomic mass is 10.2. The molecule has 0 aliphatic carbocycles. The van der Waals surface area contributed by atoms with Crippen LogP contribution >= 0.6 is 0 Å². The van der Waals surface area contributed by atoms with Gasteiger partial charge in [0.05, 0.1) is 0 Å². The maximum Gasteiger partial charge on any atom is 0.328 e. The van der Waals surface area contributed by atoms with E-state index in [1.807, 2.05) is 30.6 Å². The van der Waals surface area contributed by atoms with Crippen molar-refractivity contribution in [3.05, 3.63) is 54.9 Å². The number of aliphatic carboxylic acids is 2. The molecule has 1 aromatic heterocycles. The maximum atomic E-state index is 9.55. The van der Waals surface area contributed by atoms with Crippen molar-refractivity contribution in [2.75, 3.05) is 0 Å². The fourth-order valence-corrected chi connectivity index (χ4v) is 1.17. The summed E-state index contributed by atoms with van der Waals surface area (Å²) in [4.78, 5) is 23.1. The molecule has 0 aliphatic rings. The van der Waals surface area contributed by atoms with Crippen LogP contribution < -0.4 is 0 Å². The van der Waals surface area contributed by atoms with Crippen molar-refractivity contribution in [1.82, 2.24) is 4.98 Å². The minimum Gasteiger partial charge on any atom is -0.478 e. The minimum absolute atomic E-state index is 0.558. The van der Waals surface area contributed by atoms with E-state index in [4.69, 9.17) is 10.2 Å². The summed E-state index contributed by atoms with van der Waals surface area (Å²) in [6, 6.07) is 10.2. The van der Waals surface area contributed by atoms with Crippen LogP contribution in [0.4, 0.5) is 0 Å². The largest absolute Gasteiger partial charge is 0.478 e. The summed E-state index contributed by atoms with van der Waals surface area (Å²) in [6.07, 6.45) is 4.79. The Labute approximate surface area is 103 Å². The van der Waals surface area contributed by atoms with Crippen molar-refractivity contribution in [3.63, 3.8) is 0 Å². The number of rotatable bonds is 2. The van der Waals surface area contributed by atoms with Crippen molar-refractivity contribution in [2.24, 2.45) is 0 Å². The molecule has 5 heteroatoms. The van der Waals surface area contributed by atoms with Crippen LogP contribution in [-0.2, 0) is 9.59 Å². The fraction of sp³-hybridized carbons (Fsp3) is 0. The zero-order valence-electron chi connectivity index (χ0n) is 9.35. The van der Waals surface area contributed by atoms with Crippen molar-refractivity contribution in [1.29, 1.82) is 0 Å². The summed E-state index contributed by atoms with van der Waals surface area (Å²) < 4.78 is 0. The molecule has 0 saturated heterocycles. The van der Waals surface area contributed by atoms with Gasteiger partial charge in [0.2, 0.25) is 0 Å². The number of benzene rings is 1. The molecule has 5 nitrogen and oxygen atoms in total. The molecule has 0 atom stereocenters. The van der Waals surface area contributed by atoms with Crippen LogP contribution in [0, 0.1) is 0 Å². The Morgan fingerprint density at radius 1 is 0.944 bits per heavy atom. The van der Waals surface area contributed by atoms with Gasteiger partial charge in [-0.25, -0.2) is 9.59 Å². The van der Waals surface area contributed by atoms with E-state index < -0.39 is 11.9 Å². The normalized spacial score (nSPS) is 9.78. The number of hydrogen-bond acceptors (Lipinski definition) is 3. The molecule has 0 radical (unpaired) electrons. The topological polar surface area (TPSA) is 87.5 Å². The van der Waals surface area contributed by atoms with Gasteiger partial charge in [0.25, 0.3) is 0 Å². The predicted molar refractivity (Wildman–Crippen MR) is 66.2 cm³/mol. The van der Waals surface area contributed by atoms with Gasteiger partial charge in [0.15, 0.2) is 0 Å². The molecule has 0 spiro atoms. The average Bonchev–Trinajstić information content (AvgIpc) is 2.37. The molecule has 0 bridgehead atoms. The van der Waals surface area contributed by atoms with E-state index >= 15 is 0 Å². The lowest BCUT2D eigenvalue weighted by Crippen LogP contribution is -1.91. The van der Waals surface area contributed by atoms with E-state index in [1.54, 1.807) is 0 Å². The van der Waals surface area contributed by atoms with Crippen LogP contribution in [0.3, 0.4) is 0 Å². The summed E-state index contributed by atoms with van der Waals surface area (Å²) in [7, 11) is 0. The Morgan fingerprint density at radius 3 is 2.00 bits per heavy atom. The second-order valence-corrected chi connectivity index (χ2v) is 3.23. The lowest BCUT2D eigenvalue weighted by molar-refractivity contribution is -0.134. The van der Waals surface area contributed by atoms with Gasteiger partial charge in [-0.05, 0) is 16.8 Å². The highest BCUT2D eigenvalue weighted by molar-refractivity contribution is 5.89. The quantitative estimate of drug-likeness (QED) is 0.789. The molecule has 0 fully saturated rings. The van der Waals surface area contributed by atoms with E-state index in [1.165, 1.54) is 10.8 Å². The molecule has 0 saturated carbocycles. The number of carbonyl (C=O) groups is 2. The first-order valence-electron chi connectivity index (χ1n) is 5.02. The van der Waals surface area contributed by atoms with Gasteiger partial charge in [-0.15, -0.1) is 0 Å². The van der Waals surface area contributed by atoms with Crippen molar-refractivity contribution >= 4 is 22.7 Å². The summed E-state index contributed by atoms with van der Waals surface area (Å²) in [5, 5.41) is 18.1. The molecule has 2 rings (SSSR count). The summed E-state index contributed by atoms with van der Waals surface area (Å²) in [5.74, 6) is -2.51. The summed E-state index contributed by atoms with van der Waals surface area (Å²) in [6.45, 7) is 0. The number of nitrogens with zero attached hydrogens (tertiary/aromatic N) is 1. The average molecular weight is 245 g/mol. The standard InChI is InChI=1S/C9H7N.C4H4O4/c1-2-4-9-7-10-6-5-8(9)3-1;5-3(6)1-2-4(7)8/h1-7H;1-2H,(H,5,6)(H,7,8)/b;2-1+. The first-order valence-corrected chi connectivity index (χ1v) is 5.02. The van der Waals surface area contributed by atoms with E-state index in [9.17, 15) is 9.59 Å². The first kappa shape index (κ1) is 13.4. The highest BCUT2D eigenvalue weighted by Crippen LogP contribution is 2.09. The zero-order valence-corrected chi connectivity index (χ0v) is 9.35. The molecule has 0 amide bonds. The Hall–Kier alpha value is -2.69. The molecule has 18 heavy (non-hydrogen) atoms. The number of hydrogen-bond donors (Lipinski definition) is 2. The third-order valence-electron chi connectivity index (χ3n) is 1.92. The smallest absolute Gasteiger partial charge is 0.328 e. The van der Waals surface area contributed by atoms with Gasteiger partial charge in [-0.3, -0.25) is 4.98 Å². The van der Waals surface area contributed by atoms with Crippen LogP contribution in [0.2, 0.25) is 0 Å².